The second-order valence-electron chi connectivity index (χ2n) is 6.94. The van der Waals surface area contributed by atoms with Gasteiger partial charge in [0.15, 0.2) is 0 Å². The third-order valence-electron chi connectivity index (χ3n) is 4.13. The molecule has 0 bridgehead atoms. The van der Waals surface area contributed by atoms with Gasteiger partial charge in [0.1, 0.15) is 0 Å². The zero-order valence-corrected chi connectivity index (χ0v) is 14.2. The Kier molecular flexibility index (Phi) is 5.11. The van der Waals surface area contributed by atoms with Gasteiger partial charge in [-0.3, -0.25) is 0 Å². The summed E-state index contributed by atoms with van der Waals surface area (Å²) in [5, 5.41) is 0.809. The summed E-state index contributed by atoms with van der Waals surface area (Å²) >= 11 is 5.94. The Bertz CT molecular complexity index is 558. The highest BCUT2D eigenvalue weighted by Crippen LogP contribution is 2.25. The number of hydrogen-bond donors (Lipinski definition) is 0. The molecule has 0 saturated carbocycles. The lowest BCUT2D eigenvalue weighted by Crippen LogP contribution is -2.10. The molecule has 0 nitrogen and oxygen atoms in total. The molecule has 1 unspecified atom stereocenters. The van der Waals surface area contributed by atoms with Crippen LogP contribution in [0.5, 0.6) is 0 Å². The van der Waals surface area contributed by atoms with Crippen LogP contribution in [-0.4, -0.2) is 0 Å². The van der Waals surface area contributed by atoms with E-state index in [4.69, 9.17) is 11.6 Å². The summed E-state index contributed by atoms with van der Waals surface area (Å²) in [5.74, 6) is 0.560. The van der Waals surface area contributed by atoms with E-state index >= 15 is 0 Å². The zero-order chi connectivity index (χ0) is 15.5. The first-order chi connectivity index (χ1) is 9.86. The van der Waals surface area contributed by atoms with Gasteiger partial charge < -0.3 is 0 Å². The van der Waals surface area contributed by atoms with Gasteiger partial charge in [-0.05, 0) is 53.0 Å². The number of aryl methyl sites for hydroxylation is 1. The summed E-state index contributed by atoms with van der Waals surface area (Å²) in [7, 11) is 0. The molecule has 0 aliphatic heterocycles. The van der Waals surface area contributed by atoms with Gasteiger partial charge in [0.25, 0.3) is 0 Å². The van der Waals surface area contributed by atoms with Crippen LogP contribution in [0.4, 0.5) is 0 Å². The van der Waals surface area contributed by atoms with Gasteiger partial charge in [0, 0.05) is 5.02 Å². The van der Waals surface area contributed by atoms with Crippen LogP contribution in [0, 0.1) is 0 Å². The van der Waals surface area contributed by atoms with Crippen molar-refractivity contribution in [3.8, 4) is 0 Å². The Labute approximate surface area is 134 Å². The highest BCUT2D eigenvalue weighted by atomic mass is 35.5. The van der Waals surface area contributed by atoms with Crippen molar-refractivity contribution in [2.45, 2.75) is 51.9 Å². The SMILES string of the molecule is CC(CCc1ccc(C(C)(C)C)cc1)c1ccc(Cl)cc1. The first kappa shape index (κ1) is 16.1. The predicted octanol–water partition coefficient (Wildman–Crippen LogP) is 6.37. The van der Waals surface area contributed by atoms with E-state index in [1.165, 1.54) is 16.7 Å². The first-order valence-corrected chi connectivity index (χ1v) is 8.09. The topological polar surface area (TPSA) is 0 Å². The van der Waals surface area contributed by atoms with Crippen LogP contribution in [0.2, 0.25) is 5.02 Å². The lowest BCUT2D eigenvalue weighted by molar-refractivity contribution is 0.589. The molecular formula is C20H25Cl. The fourth-order valence-corrected chi connectivity index (χ4v) is 2.64. The molecule has 0 aliphatic carbocycles. The summed E-state index contributed by atoms with van der Waals surface area (Å²) in [6.07, 6.45) is 2.28. The van der Waals surface area contributed by atoms with E-state index in [-0.39, 0.29) is 5.41 Å². The van der Waals surface area contributed by atoms with E-state index in [9.17, 15) is 0 Å². The fraction of sp³-hybridized carbons (Fsp3) is 0.400. The third-order valence-corrected chi connectivity index (χ3v) is 4.38. The van der Waals surface area contributed by atoms with E-state index in [2.05, 4.69) is 64.1 Å². The summed E-state index contributed by atoms with van der Waals surface area (Å²) in [5.41, 5.74) is 4.42. The Morgan fingerprint density at radius 2 is 1.48 bits per heavy atom. The van der Waals surface area contributed by atoms with Crippen molar-refractivity contribution in [3.63, 3.8) is 0 Å². The molecule has 2 aromatic carbocycles. The van der Waals surface area contributed by atoms with E-state index in [0.29, 0.717) is 5.92 Å². The average Bonchev–Trinajstić information content (AvgIpc) is 2.45. The predicted molar refractivity (Wildman–Crippen MR) is 93.3 cm³/mol. The van der Waals surface area contributed by atoms with Crippen LogP contribution in [0.3, 0.4) is 0 Å². The lowest BCUT2D eigenvalue weighted by Gasteiger charge is -2.19. The lowest BCUT2D eigenvalue weighted by atomic mass is 9.86. The summed E-state index contributed by atoms with van der Waals surface area (Å²) in [4.78, 5) is 0. The van der Waals surface area contributed by atoms with Crippen LogP contribution >= 0.6 is 11.6 Å². The van der Waals surface area contributed by atoms with Gasteiger partial charge >= 0.3 is 0 Å². The molecule has 21 heavy (non-hydrogen) atoms. The molecule has 2 rings (SSSR count). The van der Waals surface area contributed by atoms with Gasteiger partial charge in [-0.2, -0.15) is 0 Å². The molecule has 0 radical (unpaired) electrons. The summed E-state index contributed by atoms with van der Waals surface area (Å²) in [6, 6.07) is 17.3. The van der Waals surface area contributed by atoms with E-state index in [1.807, 2.05) is 12.1 Å². The molecule has 0 N–H and O–H groups in total. The zero-order valence-electron chi connectivity index (χ0n) is 13.5. The normalized spacial score (nSPS) is 13.2. The highest BCUT2D eigenvalue weighted by Gasteiger charge is 2.13. The minimum Gasteiger partial charge on any atom is -0.0843 e. The van der Waals surface area contributed by atoms with Crippen molar-refractivity contribution in [2.24, 2.45) is 0 Å². The Hall–Kier alpha value is -1.27. The van der Waals surface area contributed by atoms with Gasteiger partial charge in [-0.15, -0.1) is 0 Å². The molecule has 112 valence electrons. The molecule has 0 spiro atoms. The van der Waals surface area contributed by atoms with Crippen molar-refractivity contribution in [1.82, 2.24) is 0 Å². The van der Waals surface area contributed by atoms with Gasteiger partial charge in [-0.1, -0.05) is 75.7 Å². The van der Waals surface area contributed by atoms with Crippen LogP contribution in [0.15, 0.2) is 48.5 Å². The molecule has 0 fully saturated rings. The molecule has 2 aromatic rings. The minimum absolute atomic E-state index is 0.231. The smallest absolute Gasteiger partial charge is 0.0406 e. The number of benzene rings is 2. The summed E-state index contributed by atoms with van der Waals surface area (Å²) in [6.45, 7) is 9.05. The number of rotatable bonds is 4. The standard InChI is InChI=1S/C20H25Cl/c1-15(17-9-13-19(21)14-10-17)5-6-16-7-11-18(12-8-16)20(2,3)4/h7-15H,5-6H2,1-4H3. The van der Waals surface area contributed by atoms with Crippen LogP contribution in [0.25, 0.3) is 0 Å². The van der Waals surface area contributed by atoms with E-state index in [0.717, 1.165) is 17.9 Å². The quantitative estimate of drug-likeness (QED) is 0.615. The maximum Gasteiger partial charge on any atom is 0.0406 e. The van der Waals surface area contributed by atoms with E-state index < -0.39 is 0 Å². The molecule has 0 saturated heterocycles. The largest absolute Gasteiger partial charge is 0.0843 e. The third kappa shape index (κ3) is 4.61. The molecule has 1 atom stereocenters. The first-order valence-electron chi connectivity index (χ1n) is 7.71. The molecule has 0 aromatic heterocycles. The van der Waals surface area contributed by atoms with Gasteiger partial charge in [0.2, 0.25) is 0 Å². The summed E-state index contributed by atoms with van der Waals surface area (Å²) < 4.78 is 0. The van der Waals surface area contributed by atoms with Crippen molar-refractivity contribution in [3.05, 3.63) is 70.2 Å². The Balaban J connectivity index is 1.95. The van der Waals surface area contributed by atoms with Crippen LogP contribution in [0.1, 0.15) is 56.7 Å². The van der Waals surface area contributed by atoms with Crippen LogP contribution in [-0.2, 0) is 11.8 Å². The molecule has 1 heteroatoms. The molecule has 0 amide bonds. The van der Waals surface area contributed by atoms with Crippen molar-refractivity contribution < 1.29 is 0 Å². The molecule has 0 aliphatic rings. The maximum atomic E-state index is 5.94. The van der Waals surface area contributed by atoms with Crippen molar-refractivity contribution in [1.29, 1.82) is 0 Å². The van der Waals surface area contributed by atoms with Gasteiger partial charge in [0.05, 0.1) is 0 Å². The second kappa shape index (κ2) is 6.66. The molecule has 0 heterocycles. The number of halogens is 1. The average molecular weight is 301 g/mol. The minimum atomic E-state index is 0.231. The van der Waals surface area contributed by atoms with E-state index in [1.54, 1.807) is 0 Å². The maximum absolute atomic E-state index is 5.94. The highest BCUT2D eigenvalue weighted by molar-refractivity contribution is 6.30. The Morgan fingerprint density at radius 3 is 2.00 bits per heavy atom. The van der Waals surface area contributed by atoms with Crippen molar-refractivity contribution in [2.75, 3.05) is 0 Å². The fourth-order valence-electron chi connectivity index (χ4n) is 2.51. The Morgan fingerprint density at radius 1 is 0.905 bits per heavy atom. The molecular weight excluding hydrogens is 276 g/mol. The monoisotopic (exact) mass is 300 g/mol. The second-order valence-corrected chi connectivity index (χ2v) is 7.37. The van der Waals surface area contributed by atoms with Gasteiger partial charge in [-0.25, -0.2) is 0 Å². The number of hydrogen-bond acceptors (Lipinski definition) is 0. The van der Waals surface area contributed by atoms with Crippen LogP contribution < -0.4 is 0 Å². The van der Waals surface area contributed by atoms with Crippen molar-refractivity contribution >= 4 is 11.6 Å².